The summed E-state index contributed by atoms with van der Waals surface area (Å²) in [5.41, 5.74) is 8.24. The van der Waals surface area contributed by atoms with Crippen molar-refractivity contribution in [2.45, 2.75) is 24.8 Å². The Labute approximate surface area is 130 Å². The molecule has 0 aliphatic heterocycles. The molecule has 0 saturated carbocycles. The van der Waals surface area contributed by atoms with Gasteiger partial charge in [-0.15, -0.1) is 0 Å². The monoisotopic (exact) mass is 314 g/mol. The van der Waals surface area contributed by atoms with Crippen LogP contribution in [0.1, 0.15) is 24.2 Å². The van der Waals surface area contributed by atoms with Crippen molar-refractivity contribution in [3.05, 3.63) is 65.9 Å². The normalized spacial score (nSPS) is 13.4. The number of aromatic nitrogens is 1. The molecule has 1 atom stereocenters. The average Bonchev–Trinajstić information content (AvgIpc) is 2.83. The molecule has 3 aromatic rings. The van der Waals surface area contributed by atoms with Gasteiger partial charge >= 0.3 is 0 Å². The smallest absolute Gasteiger partial charge is 0.268 e. The molecule has 0 fully saturated rings. The number of hydrogen-bond acceptors (Lipinski definition) is 3. The van der Waals surface area contributed by atoms with Crippen molar-refractivity contribution in [2.24, 2.45) is 5.73 Å². The molecule has 114 valence electrons. The Morgan fingerprint density at radius 3 is 2.36 bits per heavy atom. The molecule has 2 aromatic carbocycles. The molecule has 0 saturated heterocycles. The van der Waals surface area contributed by atoms with Crippen LogP contribution in [0.25, 0.3) is 10.9 Å². The fraction of sp³-hybridized carbons (Fsp3) is 0.176. The molecule has 0 aliphatic carbocycles. The van der Waals surface area contributed by atoms with Crippen molar-refractivity contribution in [1.29, 1.82) is 0 Å². The second-order valence-electron chi connectivity index (χ2n) is 5.48. The van der Waals surface area contributed by atoms with Gasteiger partial charge in [0.15, 0.2) is 0 Å². The van der Waals surface area contributed by atoms with Gasteiger partial charge in [0.05, 0.1) is 10.4 Å². The van der Waals surface area contributed by atoms with Crippen LogP contribution in [-0.2, 0) is 10.0 Å². The quantitative estimate of drug-likeness (QED) is 0.807. The van der Waals surface area contributed by atoms with Gasteiger partial charge in [0, 0.05) is 17.1 Å². The first-order chi connectivity index (χ1) is 10.4. The third-order valence-electron chi connectivity index (χ3n) is 3.76. The van der Waals surface area contributed by atoms with Crippen molar-refractivity contribution in [2.75, 3.05) is 0 Å². The van der Waals surface area contributed by atoms with Gasteiger partial charge in [-0.05, 0) is 49.7 Å². The van der Waals surface area contributed by atoms with Crippen LogP contribution in [0.3, 0.4) is 0 Å². The summed E-state index contributed by atoms with van der Waals surface area (Å²) in [6.45, 7) is 3.71. The predicted molar refractivity (Wildman–Crippen MR) is 88.3 cm³/mol. The SMILES string of the molecule is Cc1cc2cc([C@@H](C)N)ccc2n1S(=O)(=O)c1ccccc1. The van der Waals surface area contributed by atoms with Gasteiger partial charge in [0.2, 0.25) is 0 Å². The molecule has 1 aromatic heterocycles. The summed E-state index contributed by atoms with van der Waals surface area (Å²) in [5.74, 6) is 0. The first-order valence-electron chi connectivity index (χ1n) is 7.09. The Kier molecular flexibility index (Phi) is 3.54. The fourth-order valence-corrected chi connectivity index (χ4v) is 4.22. The number of nitrogens with zero attached hydrogens (tertiary/aromatic N) is 1. The van der Waals surface area contributed by atoms with Crippen LogP contribution in [0.15, 0.2) is 59.5 Å². The highest BCUT2D eigenvalue weighted by molar-refractivity contribution is 7.90. The highest BCUT2D eigenvalue weighted by atomic mass is 32.2. The first kappa shape index (κ1) is 14.8. The van der Waals surface area contributed by atoms with E-state index in [2.05, 4.69) is 0 Å². The molecule has 22 heavy (non-hydrogen) atoms. The second-order valence-corrected chi connectivity index (χ2v) is 7.26. The van der Waals surface area contributed by atoms with Crippen molar-refractivity contribution in [3.8, 4) is 0 Å². The van der Waals surface area contributed by atoms with E-state index in [4.69, 9.17) is 5.73 Å². The van der Waals surface area contributed by atoms with E-state index >= 15 is 0 Å². The molecule has 0 aliphatic rings. The number of hydrogen-bond donors (Lipinski definition) is 1. The van der Waals surface area contributed by atoms with Gasteiger partial charge < -0.3 is 5.73 Å². The Bertz CT molecular complexity index is 926. The summed E-state index contributed by atoms with van der Waals surface area (Å²) in [4.78, 5) is 0.284. The standard InChI is InChI=1S/C17H18N2O2S/c1-12-10-15-11-14(13(2)18)8-9-17(15)19(12)22(20,21)16-6-4-3-5-7-16/h3-11,13H,18H2,1-2H3/t13-/m1/s1. The van der Waals surface area contributed by atoms with Crippen LogP contribution in [0.2, 0.25) is 0 Å². The Morgan fingerprint density at radius 2 is 1.73 bits per heavy atom. The predicted octanol–water partition coefficient (Wildman–Crippen LogP) is 3.21. The maximum Gasteiger partial charge on any atom is 0.268 e. The number of aryl methyl sites for hydroxylation is 1. The largest absolute Gasteiger partial charge is 0.324 e. The van der Waals surface area contributed by atoms with Gasteiger partial charge in [0.25, 0.3) is 10.0 Å². The van der Waals surface area contributed by atoms with Crippen LogP contribution < -0.4 is 5.73 Å². The molecule has 1 heterocycles. The maximum absolute atomic E-state index is 12.9. The van der Waals surface area contributed by atoms with Crippen LogP contribution in [0.5, 0.6) is 0 Å². The molecular formula is C17H18N2O2S. The first-order valence-corrected chi connectivity index (χ1v) is 8.53. The molecule has 0 unspecified atom stereocenters. The third-order valence-corrected chi connectivity index (χ3v) is 5.60. The van der Waals surface area contributed by atoms with Crippen molar-refractivity contribution in [3.63, 3.8) is 0 Å². The maximum atomic E-state index is 12.9. The Hall–Kier alpha value is -2.11. The molecule has 0 amide bonds. The van der Waals surface area contributed by atoms with E-state index in [0.717, 1.165) is 10.9 Å². The highest BCUT2D eigenvalue weighted by Crippen LogP contribution is 2.27. The summed E-state index contributed by atoms with van der Waals surface area (Å²) < 4.78 is 27.2. The number of nitrogens with two attached hydrogens (primary N) is 1. The summed E-state index contributed by atoms with van der Waals surface area (Å²) in [7, 11) is -3.60. The van der Waals surface area contributed by atoms with Gasteiger partial charge in [-0.3, -0.25) is 0 Å². The minimum Gasteiger partial charge on any atom is -0.324 e. The van der Waals surface area contributed by atoms with Crippen LogP contribution in [0, 0.1) is 6.92 Å². The van der Waals surface area contributed by atoms with E-state index in [0.29, 0.717) is 11.2 Å². The Balaban J connectivity index is 2.26. The lowest BCUT2D eigenvalue weighted by atomic mass is 10.1. The highest BCUT2D eigenvalue weighted by Gasteiger charge is 2.21. The molecule has 0 radical (unpaired) electrons. The topological polar surface area (TPSA) is 65.1 Å². The van der Waals surface area contributed by atoms with Crippen molar-refractivity contribution < 1.29 is 8.42 Å². The minimum absolute atomic E-state index is 0.0845. The van der Waals surface area contributed by atoms with Gasteiger partial charge in [-0.1, -0.05) is 24.3 Å². The third kappa shape index (κ3) is 2.32. The minimum atomic E-state index is -3.60. The van der Waals surface area contributed by atoms with Gasteiger partial charge in [-0.25, -0.2) is 12.4 Å². The summed E-state index contributed by atoms with van der Waals surface area (Å²) in [6, 6.07) is 15.9. The van der Waals surface area contributed by atoms with Gasteiger partial charge in [0.1, 0.15) is 0 Å². The number of fused-ring (bicyclic) bond motifs is 1. The molecular weight excluding hydrogens is 296 g/mol. The molecule has 2 N–H and O–H groups in total. The molecule has 0 spiro atoms. The second kappa shape index (κ2) is 5.26. The van der Waals surface area contributed by atoms with Crippen molar-refractivity contribution >= 4 is 20.9 Å². The summed E-state index contributed by atoms with van der Waals surface area (Å²) in [5, 5.41) is 0.881. The van der Waals surface area contributed by atoms with E-state index in [1.54, 1.807) is 37.3 Å². The van der Waals surface area contributed by atoms with E-state index in [1.165, 1.54) is 3.97 Å². The summed E-state index contributed by atoms with van der Waals surface area (Å²) >= 11 is 0. The number of rotatable bonds is 3. The molecule has 0 bridgehead atoms. The van der Waals surface area contributed by atoms with Crippen LogP contribution >= 0.6 is 0 Å². The lowest BCUT2D eigenvalue weighted by Gasteiger charge is -2.11. The van der Waals surface area contributed by atoms with E-state index in [9.17, 15) is 8.42 Å². The van der Waals surface area contributed by atoms with E-state index < -0.39 is 10.0 Å². The lowest BCUT2D eigenvalue weighted by Crippen LogP contribution is -2.14. The summed E-state index contributed by atoms with van der Waals surface area (Å²) in [6.07, 6.45) is 0. The zero-order chi connectivity index (χ0) is 15.9. The zero-order valence-corrected chi connectivity index (χ0v) is 13.3. The van der Waals surface area contributed by atoms with Crippen LogP contribution in [-0.4, -0.2) is 12.4 Å². The molecule has 5 heteroatoms. The fourth-order valence-electron chi connectivity index (χ4n) is 2.65. The van der Waals surface area contributed by atoms with E-state index in [1.807, 2.05) is 31.2 Å². The molecule has 3 rings (SSSR count). The molecule has 4 nitrogen and oxygen atoms in total. The van der Waals surface area contributed by atoms with Gasteiger partial charge in [-0.2, -0.15) is 0 Å². The number of benzene rings is 2. The van der Waals surface area contributed by atoms with Crippen molar-refractivity contribution in [1.82, 2.24) is 3.97 Å². The Morgan fingerprint density at radius 1 is 1.05 bits per heavy atom. The lowest BCUT2D eigenvalue weighted by molar-refractivity contribution is 0.588. The zero-order valence-electron chi connectivity index (χ0n) is 12.5. The van der Waals surface area contributed by atoms with E-state index in [-0.39, 0.29) is 10.9 Å². The van der Waals surface area contributed by atoms with Crippen LogP contribution in [0.4, 0.5) is 0 Å². The average molecular weight is 314 g/mol.